The van der Waals surface area contributed by atoms with Crippen molar-refractivity contribution in [2.24, 2.45) is 0 Å². The first-order valence-electron chi connectivity index (χ1n) is 7.63. The zero-order valence-corrected chi connectivity index (χ0v) is 13.3. The van der Waals surface area contributed by atoms with E-state index < -0.39 is 0 Å². The number of hydrogen-bond donors (Lipinski definition) is 0. The molecule has 0 fully saturated rings. The number of halogens is 1. The second-order valence-electron chi connectivity index (χ2n) is 5.57. The average molecular weight is 332 g/mol. The summed E-state index contributed by atoms with van der Waals surface area (Å²) in [6, 6.07) is 12.0. The van der Waals surface area contributed by atoms with Gasteiger partial charge in [-0.15, -0.1) is 15.0 Å². The number of rotatable bonds is 3. The predicted octanol–water partition coefficient (Wildman–Crippen LogP) is 3.23. The first-order valence-corrected chi connectivity index (χ1v) is 7.63. The number of benzene rings is 1. The van der Waals surface area contributed by atoms with Crippen molar-refractivity contribution < 1.29 is 4.39 Å². The molecular formula is C18H13FN6. The van der Waals surface area contributed by atoms with E-state index in [9.17, 15) is 4.39 Å². The van der Waals surface area contributed by atoms with Gasteiger partial charge in [-0.2, -0.15) is 0 Å². The highest BCUT2D eigenvalue weighted by Crippen LogP contribution is 2.23. The summed E-state index contributed by atoms with van der Waals surface area (Å²) in [6.45, 7) is 1.94. The van der Waals surface area contributed by atoms with E-state index in [2.05, 4.69) is 25.4 Å². The monoisotopic (exact) mass is 332 g/mol. The summed E-state index contributed by atoms with van der Waals surface area (Å²) >= 11 is 0. The molecule has 0 N–H and O–H groups in total. The third-order valence-corrected chi connectivity index (χ3v) is 3.63. The Morgan fingerprint density at radius 3 is 2.72 bits per heavy atom. The second kappa shape index (κ2) is 6.20. The normalized spacial score (nSPS) is 10.8. The Bertz CT molecular complexity index is 1030. The van der Waals surface area contributed by atoms with Crippen LogP contribution in [-0.4, -0.2) is 30.2 Å². The maximum atomic E-state index is 14.1. The summed E-state index contributed by atoms with van der Waals surface area (Å²) in [7, 11) is 0. The molecule has 3 aromatic heterocycles. The van der Waals surface area contributed by atoms with Gasteiger partial charge in [0.15, 0.2) is 0 Å². The molecule has 0 atom stereocenters. The minimum Gasteiger partial charge on any atom is -0.264 e. The highest BCUT2D eigenvalue weighted by molar-refractivity contribution is 5.65. The largest absolute Gasteiger partial charge is 0.264 e. The van der Waals surface area contributed by atoms with E-state index in [0.29, 0.717) is 22.8 Å². The van der Waals surface area contributed by atoms with Crippen molar-refractivity contribution in [3.63, 3.8) is 0 Å². The Hall–Kier alpha value is -3.48. The maximum absolute atomic E-state index is 14.1. The Labute approximate surface area is 143 Å². The zero-order valence-electron chi connectivity index (χ0n) is 13.3. The van der Waals surface area contributed by atoms with Crippen molar-refractivity contribution >= 4 is 0 Å². The second-order valence-corrected chi connectivity index (χ2v) is 5.57. The van der Waals surface area contributed by atoms with E-state index in [1.54, 1.807) is 30.7 Å². The lowest BCUT2D eigenvalue weighted by Crippen LogP contribution is -2.00. The van der Waals surface area contributed by atoms with Crippen LogP contribution in [0, 0.1) is 12.7 Å². The molecule has 0 aliphatic heterocycles. The molecule has 0 aliphatic rings. The van der Waals surface area contributed by atoms with Crippen LogP contribution in [0.4, 0.5) is 4.39 Å². The molecule has 0 spiro atoms. The van der Waals surface area contributed by atoms with Crippen molar-refractivity contribution in [3.05, 3.63) is 72.4 Å². The molecule has 0 bridgehead atoms. The fourth-order valence-corrected chi connectivity index (χ4v) is 2.49. The number of tetrazole rings is 1. The molecule has 0 amide bonds. The smallest absolute Gasteiger partial charge is 0.223 e. The van der Waals surface area contributed by atoms with Gasteiger partial charge in [0, 0.05) is 30.2 Å². The average Bonchev–Trinajstić information content (AvgIpc) is 3.12. The Kier molecular flexibility index (Phi) is 3.74. The van der Waals surface area contributed by atoms with Crippen LogP contribution in [-0.2, 0) is 0 Å². The summed E-state index contributed by atoms with van der Waals surface area (Å²) in [4.78, 5) is 9.63. The maximum Gasteiger partial charge on any atom is 0.223 e. The van der Waals surface area contributed by atoms with Crippen molar-refractivity contribution in [3.8, 4) is 28.3 Å². The van der Waals surface area contributed by atoms with E-state index in [1.165, 1.54) is 16.9 Å². The number of nitrogens with zero attached hydrogens (tertiary/aromatic N) is 6. The third kappa shape index (κ3) is 3.12. The molecule has 0 unspecified atom stereocenters. The fourth-order valence-electron chi connectivity index (χ4n) is 2.49. The minimum absolute atomic E-state index is 0.378. The molecule has 25 heavy (non-hydrogen) atoms. The van der Waals surface area contributed by atoms with Crippen molar-refractivity contribution in [2.45, 2.75) is 6.92 Å². The van der Waals surface area contributed by atoms with Crippen LogP contribution in [0.2, 0.25) is 0 Å². The molecule has 4 rings (SSSR count). The first kappa shape index (κ1) is 15.1. The molecule has 1 aromatic carbocycles. The first-order chi connectivity index (χ1) is 12.2. The van der Waals surface area contributed by atoms with Crippen LogP contribution in [0.25, 0.3) is 28.3 Å². The van der Waals surface area contributed by atoms with Gasteiger partial charge in [0.25, 0.3) is 0 Å². The number of aryl methyl sites for hydroxylation is 1. The standard InChI is InChI=1S/C18H13FN6/c1-12-6-14(11-20-10-12)13-7-15(19)9-16(8-13)25-23-18(22-24-25)17-4-2-3-5-21-17/h2-11H,1H3. The SMILES string of the molecule is Cc1cncc(-c2cc(F)cc(-n3nnc(-c4ccccn4)n3)c2)c1. The molecule has 0 saturated heterocycles. The number of hydrogen-bond acceptors (Lipinski definition) is 5. The van der Waals surface area contributed by atoms with E-state index >= 15 is 0 Å². The van der Waals surface area contributed by atoms with Gasteiger partial charge in [0.1, 0.15) is 11.5 Å². The van der Waals surface area contributed by atoms with Gasteiger partial charge in [-0.3, -0.25) is 9.97 Å². The van der Waals surface area contributed by atoms with Crippen molar-refractivity contribution in [1.82, 2.24) is 30.2 Å². The highest BCUT2D eigenvalue weighted by atomic mass is 19.1. The molecule has 0 radical (unpaired) electrons. The van der Waals surface area contributed by atoms with E-state index in [0.717, 1.165) is 11.1 Å². The van der Waals surface area contributed by atoms with Crippen LogP contribution < -0.4 is 0 Å². The van der Waals surface area contributed by atoms with E-state index in [4.69, 9.17) is 0 Å². The van der Waals surface area contributed by atoms with Crippen LogP contribution in [0.1, 0.15) is 5.56 Å². The molecule has 7 heteroatoms. The van der Waals surface area contributed by atoms with Gasteiger partial charge in [0.2, 0.25) is 5.82 Å². The van der Waals surface area contributed by atoms with Crippen LogP contribution in [0.15, 0.2) is 61.1 Å². The molecule has 122 valence electrons. The van der Waals surface area contributed by atoms with Crippen LogP contribution in [0.3, 0.4) is 0 Å². The summed E-state index contributed by atoms with van der Waals surface area (Å²) < 4.78 is 14.1. The Morgan fingerprint density at radius 2 is 1.92 bits per heavy atom. The lowest BCUT2D eigenvalue weighted by molar-refractivity contribution is 0.621. The molecule has 0 saturated carbocycles. The lowest BCUT2D eigenvalue weighted by Gasteiger charge is -2.06. The molecule has 6 nitrogen and oxygen atoms in total. The molecular weight excluding hydrogens is 319 g/mol. The van der Waals surface area contributed by atoms with Crippen LogP contribution >= 0.6 is 0 Å². The molecule has 4 aromatic rings. The molecule has 3 heterocycles. The minimum atomic E-state index is -0.384. The summed E-state index contributed by atoms with van der Waals surface area (Å²) in [5.74, 6) is -0.00525. The van der Waals surface area contributed by atoms with Gasteiger partial charge in [-0.25, -0.2) is 4.39 Å². The fraction of sp³-hybridized carbons (Fsp3) is 0.0556. The Morgan fingerprint density at radius 1 is 1.00 bits per heavy atom. The number of aromatic nitrogens is 6. The topological polar surface area (TPSA) is 69.4 Å². The summed E-state index contributed by atoms with van der Waals surface area (Å²) in [5, 5.41) is 12.3. The van der Waals surface area contributed by atoms with E-state index in [1.807, 2.05) is 25.1 Å². The Balaban J connectivity index is 1.75. The van der Waals surface area contributed by atoms with Crippen molar-refractivity contribution in [2.75, 3.05) is 0 Å². The number of pyridine rings is 2. The molecule has 0 aliphatic carbocycles. The van der Waals surface area contributed by atoms with Gasteiger partial charge < -0.3 is 0 Å². The predicted molar refractivity (Wildman–Crippen MR) is 90.3 cm³/mol. The third-order valence-electron chi connectivity index (χ3n) is 3.63. The van der Waals surface area contributed by atoms with Crippen molar-refractivity contribution in [1.29, 1.82) is 0 Å². The van der Waals surface area contributed by atoms with Gasteiger partial charge >= 0.3 is 0 Å². The van der Waals surface area contributed by atoms with E-state index in [-0.39, 0.29) is 5.82 Å². The van der Waals surface area contributed by atoms with Gasteiger partial charge in [-0.05, 0) is 53.6 Å². The summed E-state index contributed by atoms with van der Waals surface area (Å²) in [5.41, 5.74) is 3.60. The summed E-state index contributed by atoms with van der Waals surface area (Å²) in [6.07, 6.45) is 5.10. The van der Waals surface area contributed by atoms with Gasteiger partial charge in [-0.1, -0.05) is 6.07 Å². The highest BCUT2D eigenvalue weighted by Gasteiger charge is 2.11. The van der Waals surface area contributed by atoms with Gasteiger partial charge in [0.05, 0.1) is 5.69 Å². The quantitative estimate of drug-likeness (QED) is 0.576. The zero-order chi connectivity index (χ0) is 17.2. The van der Waals surface area contributed by atoms with Crippen LogP contribution in [0.5, 0.6) is 0 Å². The lowest BCUT2D eigenvalue weighted by atomic mass is 10.1.